The smallest absolute Gasteiger partial charge is 0.236 e. The third-order valence-corrected chi connectivity index (χ3v) is 4.67. The van der Waals surface area contributed by atoms with Gasteiger partial charge in [0.2, 0.25) is 11.8 Å². The van der Waals surface area contributed by atoms with E-state index in [1.807, 2.05) is 61.5 Å². The van der Waals surface area contributed by atoms with Gasteiger partial charge in [0.15, 0.2) is 5.78 Å². The molecule has 3 aromatic rings. The topological polar surface area (TPSA) is 82.0 Å². The largest absolute Gasteiger partial charge is 0.423 e. The Hall–Kier alpha value is -2.79. The van der Waals surface area contributed by atoms with E-state index in [4.69, 9.17) is 10.2 Å². The molecule has 1 aliphatic rings. The summed E-state index contributed by atoms with van der Waals surface area (Å²) < 4.78 is 5.91. The summed E-state index contributed by atoms with van der Waals surface area (Å²) in [5.74, 6) is 0.777. The zero-order valence-electron chi connectivity index (χ0n) is 14.0. The van der Waals surface area contributed by atoms with Crippen LogP contribution in [0, 0.1) is 0 Å². The van der Waals surface area contributed by atoms with Gasteiger partial charge in [0.25, 0.3) is 0 Å². The van der Waals surface area contributed by atoms with Gasteiger partial charge in [0.05, 0.1) is 11.5 Å². The van der Waals surface area contributed by atoms with Gasteiger partial charge >= 0.3 is 0 Å². The third kappa shape index (κ3) is 2.87. The van der Waals surface area contributed by atoms with Crippen LogP contribution in [-0.2, 0) is 12.0 Å². The molecular formula is C20H19N3O2. The molecule has 0 saturated carbocycles. The maximum Gasteiger partial charge on any atom is 0.236 e. The minimum atomic E-state index is -0.769. The van der Waals surface area contributed by atoms with Crippen LogP contribution in [0.25, 0.3) is 0 Å². The first-order valence-corrected chi connectivity index (χ1v) is 8.33. The molecular weight excluding hydrogens is 314 g/mol. The summed E-state index contributed by atoms with van der Waals surface area (Å²) >= 11 is 0. The lowest BCUT2D eigenvalue weighted by Crippen LogP contribution is -2.35. The van der Waals surface area contributed by atoms with Crippen LogP contribution < -0.4 is 5.73 Å². The molecule has 1 aromatic heterocycles. The molecule has 5 nitrogen and oxygen atoms in total. The first-order valence-electron chi connectivity index (χ1n) is 8.33. The molecule has 2 N–H and O–H groups in total. The van der Waals surface area contributed by atoms with Gasteiger partial charge in [-0.3, -0.25) is 4.79 Å². The second-order valence-corrected chi connectivity index (χ2v) is 6.79. The van der Waals surface area contributed by atoms with Crippen LogP contribution in [0.2, 0.25) is 0 Å². The maximum atomic E-state index is 12.2. The molecule has 5 heteroatoms. The number of aromatic nitrogens is 2. The Morgan fingerprint density at radius 3 is 2.64 bits per heavy atom. The lowest BCUT2D eigenvalue weighted by molar-refractivity contribution is 0.0989. The minimum Gasteiger partial charge on any atom is -0.423 e. The van der Waals surface area contributed by atoms with Gasteiger partial charge in [0, 0.05) is 12.0 Å². The summed E-state index contributed by atoms with van der Waals surface area (Å²) in [6, 6.07) is 17.5. The highest BCUT2D eigenvalue weighted by atomic mass is 16.4. The number of carbonyl (C=O) groups excluding carboxylic acids is 1. The molecule has 0 radical (unpaired) electrons. The number of nitrogens with zero attached hydrogens (tertiary/aromatic N) is 2. The highest BCUT2D eigenvalue weighted by molar-refractivity contribution is 6.01. The number of ketones is 1. The van der Waals surface area contributed by atoms with Crippen molar-refractivity contribution in [3.8, 4) is 0 Å². The summed E-state index contributed by atoms with van der Waals surface area (Å²) in [5, 5.41) is 8.36. The van der Waals surface area contributed by atoms with Gasteiger partial charge in [0.1, 0.15) is 0 Å². The Balaban J connectivity index is 1.62. The number of carbonyl (C=O) groups is 1. The predicted octanol–water partition coefficient (Wildman–Crippen LogP) is 3.20. The number of Topliss-reactive ketones (excluding diaryl/α,β-unsaturated/α-hetero) is 1. The van der Waals surface area contributed by atoms with Gasteiger partial charge in [-0.15, -0.1) is 10.2 Å². The van der Waals surface area contributed by atoms with Crippen LogP contribution in [-0.4, -0.2) is 16.0 Å². The molecule has 126 valence electrons. The van der Waals surface area contributed by atoms with Crippen LogP contribution in [0.4, 0.5) is 0 Å². The highest BCUT2D eigenvalue weighted by Gasteiger charge is 2.36. The summed E-state index contributed by atoms with van der Waals surface area (Å²) in [6.07, 6.45) is 0.955. The summed E-state index contributed by atoms with van der Waals surface area (Å²) in [7, 11) is 0. The third-order valence-electron chi connectivity index (χ3n) is 4.67. The Morgan fingerprint density at radius 1 is 1.12 bits per heavy atom. The molecule has 1 unspecified atom stereocenters. The van der Waals surface area contributed by atoms with Gasteiger partial charge in [-0.2, -0.15) is 0 Å². The number of rotatable bonds is 4. The molecule has 25 heavy (non-hydrogen) atoms. The van der Waals surface area contributed by atoms with E-state index in [1.165, 1.54) is 0 Å². The van der Waals surface area contributed by atoms with E-state index in [1.54, 1.807) is 0 Å². The molecule has 0 saturated heterocycles. The van der Waals surface area contributed by atoms with Crippen molar-refractivity contribution in [3.63, 3.8) is 0 Å². The van der Waals surface area contributed by atoms with Gasteiger partial charge < -0.3 is 10.2 Å². The SMILES string of the molecule is C[C@@](N)(Cc1ccccc1)c1nnc(C2CC(=O)c3ccccc32)o1. The second kappa shape index (κ2) is 5.93. The zero-order chi connectivity index (χ0) is 17.4. The number of nitrogens with two attached hydrogens (primary N) is 1. The van der Waals surface area contributed by atoms with Gasteiger partial charge in [-0.1, -0.05) is 54.6 Å². The molecule has 2 atom stereocenters. The van der Waals surface area contributed by atoms with Gasteiger partial charge in [-0.05, 0) is 24.5 Å². The first-order chi connectivity index (χ1) is 12.0. The zero-order valence-corrected chi connectivity index (χ0v) is 14.0. The van der Waals surface area contributed by atoms with E-state index in [0.29, 0.717) is 24.6 Å². The molecule has 0 spiro atoms. The number of hydrogen-bond donors (Lipinski definition) is 1. The lowest BCUT2D eigenvalue weighted by atomic mass is 9.94. The molecule has 0 fully saturated rings. The van der Waals surface area contributed by atoms with E-state index in [9.17, 15) is 4.79 Å². The van der Waals surface area contributed by atoms with Crippen molar-refractivity contribution in [2.24, 2.45) is 5.73 Å². The van der Waals surface area contributed by atoms with Crippen molar-refractivity contribution in [2.75, 3.05) is 0 Å². The molecule has 2 aromatic carbocycles. The Bertz CT molecular complexity index is 915. The Labute approximate surface area is 145 Å². The van der Waals surface area contributed by atoms with Crippen molar-refractivity contribution >= 4 is 5.78 Å². The fraction of sp³-hybridized carbons (Fsp3) is 0.250. The Morgan fingerprint density at radius 2 is 1.84 bits per heavy atom. The van der Waals surface area contributed by atoms with E-state index >= 15 is 0 Å². The quantitative estimate of drug-likeness (QED) is 0.793. The monoisotopic (exact) mass is 333 g/mol. The minimum absolute atomic E-state index is 0.111. The van der Waals surface area contributed by atoms with Crippen LogP contribution in [0.1, 0.15) is 52.5 Å². The van der Waals surface area contributed by atoms with Crippen molar-refractivity contribution in [1.29, 1.82) is 0 Å². The summed E-state index contributed by atoms with van der Waals surface area (Å²) in [5.41, 5.74) is 8.47. The van der Waals surface area contributed by atoms with Crippen LogP contribution in [0.5, 0.6) is 0 Å². The van der Waals surface area contributed by atoms with Crippen LogP contribution in [0.3, 0.4) is 0 Å². The molecule has 1 aliphatic carbocycles. The first kappa shape index (κ1) is 15.7. The fourth-order valence-electron chi connectivity index (χ4n) is 3.38. The van der Waals surface area contributed by atoms with Crippen molar-refractivity contribution < 1.29 is 9.21 Å². The van der Waals surface area contributed by atoms with Crippen molar-refractivity contribution in [2.45, 2.75) is 31.2 Å². The number of hydrogen-bond acceptors (Lipinski definition) is 5. The average Bonchev–Trinajstić information content (AvgIpc) is 3.22. The number of benzene rings is 2. The number of fused-ring (bicyclic) bond motifs is 1. The molecule has 0 aliphatic heterocycles. The van der Waals surface area contributed by atoms with E-state index in [2.05, 4.69) is 10.2 Å². The average molecular weight is 333 g/mol. The van der Waals surface area contributed by atoms with Crippen molar-refractivity contribution in [3.05, 3.63) is 83.1 Å². The van der Waals surface area contributed by atoms with E-state index in [-0.39, 0.29) is 11.7 Å². The lowest BCUT2D eigenvalue weighted by Gasteiger charge is -2.20. The standard InChI is InChI=1S/C20H19N3O2/c1-20(21,12-13-7-3-2-4-8-13)19-23-22-18(25-19)16-11-17(24)15-10-6-5-9-14(15)16/h2-10,16H,11-12,21H2,1H3/t16?,20-/m1/s1. The normalized spacial score (nSPS) is 18.8. The van der Waals surface area contributed by atoms with Crippen LogP contribution >= 0.6 is 0 Å². The summed E-state index contributed by atoms with van der Waals surface area (Å²) in [6.45, 7) is 1.88. The second-order valence-electron chi connectivity index (χ2n) is 6.79. The van der Waals surface area contributed by atoms with Crippen LogP contribution in [0.15, 0.2) is 59.0 Å². The molecule has 4 rings (SSSR count). The fourth-order valence-corrected chi connectivity index (χ4v) is 3.38. The molecule has 0 bridgehead atoms. The predicted molar refractivity (Wildman–Crippen MR) is 93.2 cm³/mol. The maximum absolute atomic E-state index is 12.2. The highest BCUT2D eigenvalue weighted by Crippen LogP contribution is 2.38. The Kier molecular flexibility index (Phi) is 3.73. The van der Waals surface area contributed by atoms with E-state index < -0.39 is 5.54 Å². The molecule has 0 amide bonds. The summed E-state index contributed by atoms with van der Waals surface area (Å²) in [4.78, 5) is 12.2. The molecule has 1 heterocycles. The van der Waals surface area contributed by atoms with Crippen molar-refractivity contribution in [1.82, 2.24) is 10.2 Å². The van der Waals surface area contributed by atoms with E-state index in [0.717, 1.165) is 16.7 Å². The van der Waals surface area contributed by atoms with Gasteiger partial charge in [-0.25, -0.2) is 0 Å².